The van der Waals surface area contributed by atoms with Crippen LogP contribution in [-0.4, -0.2) is 49.4 Å². The third-order valence-corrected chi connectivity index (χ3v) is 2.80. The SMILES string of the molecule is CCCC(=O)NCC(=O)N(C)[C@H](C(=O)OC)C(C)C. The van der Waals surface area contributed by atoms with Crippen LogP contribution in [0.5, 0.6) is 0 Å². The summed E-state index contributed by atoms with van der Waals surface area (Å²) in [5, 5.41) is 2.53. The van der Waals surface area contributed by atoms with Crippen molar-refractivity contribution in [3.63, 3.8) is 0 Å². The number of nitrogens with zero attached hydrogens (tertiary/aromatic N) is 1. The van der Waals surface area contributed by atoms with Gasteiger partial charge >= 0.3 is 5.97 Å². The van der Waals surface area contributed by atoms with E-state index in [1.54, 1.807) is 0 Å². The van der Waals surface area contributed by atoms with Crippen LogP contribution in [0.25, 0.3) is 0 Å². The fourth-order valence-electron chi connectivity index (χ4n) is 1.77. The summed E-state index contributed by atoms with van der Waals surface area (Å²) in [6, 6.07) is -0.638. The molecule has 2 amide bonds. The Kier molecular flexibility index (Phi) is 7.79. The van der Waals surface area contributed by atoms with E-state index < -0.39 is 12.0 Å². The third kappa shape index (κ3) is 5.72. The number of amides is 2. The number of carbonyl (C=O) groups is 3. The highest BCUT2D eigenvalue weighted by Crippen LogP contribution is 2.11. The zero-order chi connectivity index (χ0) is 15.0. The van der Waals surface area contributed by atoms with Crippen molar-refractivity contribution in [1.29, 1.82) is 0 Å². The van der Waals surface area contributed by atoms with Crippen LogP contribution in [0.15, 0.2) is 0 Å². The average Bonchev–Trinajstić information content (AvgIpc) is 2.35. The molecule has 0 fully saturated rings. The maximum absolute atomic E-state index is 11.9. The van der Waals surface area contributed by atoms with Crippen LogP contribution in [0.1, 0.15) is 33.6 Å². The third-order valence-electron chi connectivity index (χ3n) is 2.80. The molecule has 0 aromatic rings. The molecule has 1 N–H and O–H groups in total. The molecule has 1 atom stereocenters. The van der Waals surface area contributed by atoms with E-state index in [1.807, 2.05) is 20.8 Å². The molecule has 0 rings (SSSR count). The van der Waals surface area contributed by atoms with Crippen LogP contribution in [0.4, 0.5) is 0 Å². The molecule has 6 heteroatoms. The minimum atomic E-state index is -0.638. The summed E-state index contributed by atoms with van der Waals surface area (Å²) in [5.41, 5.74) is 0. The molecule has 0 unspecified atom stereocenters. The number of nitrogens with one attached hydrogen (secondary N) is 1. The Balaban J connectivity index is 4.51. The van der Waals surface area contributed by atoms with Gasteiger partial charge in [0.15, 0.2) is 0 Å². The van der Waals surface area contributed by atoms with Crippen LogP contribution in [0, 0.1) is 5.92 Å². The van der Waals surface area contributed by atoms with Crippen molar-refractivity contribution in [1.82, 2.24) is 10.2 Å². The quantitative estimate of drug-likeness (QED) is 0.687. The van der Waals surface area contributed by atoms with Crippen molar-refractivity contribution in [2.24, 2.45) is 5.92 Å². The lowest BCUT2D eigenvalue weighted by Gasteiger charge is -2.29. The smallest absolute Gasteiger partial charge is 0.328 e. The van der Waals surface area contributed by atoms with E-state index in [1.165, 1.54) is 19.1 Å². The summed E-state index contributed by atoms with van der Waals surface area (Å²) in [6.45, 7) is 5.46. The van der Waals surface area contributed by atoms with E-state index in [0.717, 1.165) is 6.42 Å². The number of hydrogen-bond acceptors (Lipinski definition) is 4. The molecule has 0 aromatic heterocycles. The van der Waals surface area contributed by atoms with Crippen LogP contribution < -0.4 is 5.32 Å². The first-order valence-corrected chi connectivity index (χ1v) is 6.45. The molecular weight excluding hydrogens is 248 g/mol. The monoisotopic (exact) mass is 272 g/mol. The Hall–Kier alpha value is -1.59. The summed E-state index contributed by atoms with van der Waals surface area (Å²) < 4.78 is 4.69. The van der Waals surface area contributed by atoms with Gasteiger partial charge in [-0.05, 0) is 12.3 Å². The zero-order valence-electron chi connectivity index (χ0n) is 12.4. The van der Waals surface area contributed by atoms with Gasteiger partial charge in [0.25, 0.3) is 0 Å². The Morgan fingerprint density at radius 1 is 1.26 bits per heavy atom. The Bertz CT molecular complexity index is 329. The summed E-state index contributed by atoms with van der Waals surface area (Å²) >= 11 is 0. The number of hydrogen-bond donors (Lipinski definition) is 1. The van der Waals surface area contributed by atoms with Crippen molar-refractivity contribution in [3.05, 3.63) is 0 Å². The van der Waals surface area contributed by atoms with Gasteiger partial charge in [0.05, 0.1) is 13.7 Å². The molecule has 0 aliphatic rings. The minimum absolute atomic E-state index is 0.0623. The van der Waals surface area contributed by atoms with E-state index in [0.29, 0.717) is 6.42 Å². The van der Waals surface area contributed by atoms with Crippen molar-refractivity contribution in [3.8, 4) is 0 Å². The standard InChI is InChI=1S/C13H24N2O4/c1-6-7-10(16)14-8-11(17)15(4)12(9(2)3)13(18)19-5/h9,12H,6-8H2,1-5H3,(H,14,16)/t12-/m0/s1. The predicted octanol–water partition coefficient (Wildman–Crippen LogP) is 0.559. The highest BCUT2D eigenvalue weighted by Gasteiger charge is 2.30. The topological polar surface area (TPSA) is 75.7 Å². The molecule has 0 spiro atoms. The van der Waals surface area contributed by atoms with Gasteiger partial charge in [-0.25, -0.2) is 4.79 Å². The zero-order valence-corrected chi connectivity index (χ0v) is 12.4. The van der Waals surface area contributed by atoms with Gasteiger partial charge in [0, 0.05) is 13.5 Å². The lowest BCUT2D eigenvalue weighted by Crippen LogP contribution is -2.49. The van der Waals surface area contributed by atoms with Crippen LogP contribution in [0.3, 0.4) is 0 Å². The van der Waals surface area contributed by atoms with Gasteiger partial charge in [-0.15, -0.1) is 0 Å². The number of methoxy groups -OCH3 is 1. The average molecular weight is 272 g/mol. The second-order valence-electron chi connectivity index (χ2n) is 4.74. The Morgan fingerprint density at radius 3 is 2.26 bits per heavy atom. The maximum Gasteiger partial charge on any atom is 0.328 e. The number of carbonyl (C=O) groups excluding carboxylic acids is 3. The lowest BCUT2D eigenvalue weighted by atomic mass is 10.0. The molecule has 0 aliphatic heterocycles. The van der Waals surface area contributed by atoms with Crippen molar-refractivity contribution in [2.75, 3.05) is 20.7 Å². The summed E-state index contributed by atoms with van der Waals surface area (Å²) in [7, 11) is 2.83. The number of ether oxygens (including phenoxy) is 1. The minimum Gasteiger partial charge on any atom is -0.467 e. The molecule has 110 valence electrons. The van der Waals surface area contributed by atoms with E-state index in [9.17, 15) is 14.4 Å². The lowest BCUT2D eigenvalue weighted by molar-refractivity contribution is -0.153. The second-order valence-corrected chi connectivity index (χ2v) is 4.74. The highest BCUT2D eigenvalue weighted by molar-refractivity contribution is 5.88. The normalized spacial score (nSPS) is 11.9. The summed E-state index contributed by atoms with van der Waals surface area (Å²) in [6.07, 6.45) is 1.12. The molecule has 0 bridgehead atoms. The summed E-state index contributed by atoms with van der Waals surface area (Å²) in [4.78, 5) is 36.2. The first-order chi connectivity index (χ1) is 8.84. The van der Waals surface area contributed by atoms with Crippen molar-refractivity contribution in [2.45, 2.75) is 39.7 Å². The molecule has 0 saturated carbocycles. The molecular formula is C13H24N2O4. The molecule has 0 heterocycles. The van der Waals surface area contributed by atoms with Gasteiger partial charge in [-0.1, -0.05) is 20.8 Å². The number of esters is 1. The van der Waals surface area contributed by atoms with Gasteiger partial charge in [0.2, 0.25) is 11.8 Å². The van der Waals surface area contributed by atoms with Gasteiger partial charge in [-0.3, -0.25) is 9.59 Å². The maximum atomic E-state index is 11.9. The fourth-order valence-corrected chi connectivity index (χ4v) is 1.77. The number of rotatable bonds is 7. The van der Waals surface area contributed by atoms with Crippen LogP contribution in [-0.2, 0) is 19.1 Å². The molecule has 19 heavy (non-hydrogen) atoms. The van der Waals surface area contributed by atoms with Crippen molar-refractivity contribution < 1.29 is 19.1 Å². The number of likely N-dealkylation sites (N-methyl/N-ethyl adjacent to an activating group) is 1. The molecule has 6 nitrogen and oxygen atoms in total. The molecule has 0 aliphatic carbocycles. The summed E-state index contributed by atoms with van der Waals surface area (Å²) in [5.74, 6) is -0.990. The van der Waals surface area contributed by atoms with E-state index >= 15 is 0 Å². The highest BCUT2D eigenvalue weighted by atomic mass is 16.5. The first-order valence-electron chi connectivity index (χ1n) is 6.45. The predicted molar refractivity (Wildman–Crippen MR) is 71.3 cm³/mol. The molecule has 0 radical (unpaired) electrons. The molecule has 0 aromatic carbocycles. The second kappa shape index (κ2) is 8.50. The first kappa shape index (κ1) is 17.4. The van der Waals surface area contributed by atoms with Crippen molar-refractivity contribution >= 4 is 17.8 Å². The van der Waals surface area contributed by atoms with E-state index in [4.69, 9.17) is 0 Å². The van der Waals surface area contributed by atoms with E-state index in [2.05, 4.69) is 10.1 Å². The van der Waals surface area contributed by atoms with Crippen LogP contribution >= 0.6 is 0 Å². The largest absolute Gasteiger partial charge is 0.467 e. The van der Waals surface area contributed by atoms with E-state index in [-0.39, 0.29) is 24.3 Å². The fraction of sp³-hybridized carbons (Fsp3) is 0.769. The van der Waals surface area contributed by atoms with Gasteiger partial charge < -0.3 is 15.0 Å². The van der Waals surface area contributed by atoms with Gasteiger partial charge in [0.1, 0.15) is 6.04 Å². The Morgan fingerprint density at radius 2 is 1.84 bits per heavy atom. The Labute approximate surface area is 114 Å². The van der Waals surface area contributed by atoms with Gasteiger partial charge in [-0.2, -0.15) is 0 Å². The molecule has 0 saturated heterocycles. The van der Waals surface area contributed by atoms with Crippen LogP contribution in [0.2, 0.25) is 0 Å².